The first-order valence-corrected chi connectivity index (χ1v) is 8.30. The van der Waals surface area contributed by atoms with Gasteiger partial charge in [0.2, 0.25) is 0 Å². The van der Waals surface area contributed by atoms with Gasteiger partial charge in [-0.3, -0.25) is 4.57 Å². The molecule has 0 fully saturated rings. The highest BCUT2D eigenvalue weighted by molar-refractivity contribution is 7.60. The Hall–Kier alpha value is -2.47. The average molecular weight is 331 g/mol. The molecule has 3 N–H and O–H groups in total. The standard InChI is InChI=1S/C15H14N3O4P/c1-22-11-4-7-14-13(8-11)15(17-9-16-14)18-10-2-5-12(6-3-10)23(19,20)21/h2-9H,1H3,(H,16,17,18)(H2,19,20,21). The highest BCUT2D eigenvalue weighted by Crippen LogP contribution is 2.33. The van der Waals surface area contributed by atoms with Crippen molar-refractivity contribution in [3.8, 4) is 5.75 Å². The van der Waals surface area contributed by atoms with E-state index in [4.69, 9.17) is 14.5 Å². The van der Waals surface area contributed by atoms with Crippen molar-refractivity contribution < 1.29 is 19.1 Å². The Morgan fingerprint density at radius 1 is 1.09 bits per heavy atom. The van der Waals surface area contributed by atoms with Gasteiger partial charge in [0.1, 0.15) is 17.9 Å². The minimum absolute atomic E-state index is 0.0303. The fourth-order valence-corrected chi connectivity index (χ4v) is 2.68. The van der Waals surface area contributed by atoms with Gasteiger partial charge in [-0.05, 0) is 42.5 Å². The van der Waals surface area contributed by atoms with E-state index in [-0.39, 0.29) is 5.30 Å². The molecule has 0 aliphatic rings. The maximum absolute atomic E-state index is 11.2. The number of fused-ring (bicyclic) bond motifs is 1. The van der Waals surface area contributed by atoms with Crippen LogP contribution in [-0.2, 0) is 4.57 Å². The molecule has 3 rings (SSSR count). The van der Waals surface area contributed by atoms with Crippen LogP contribution in [0.3, 0.4) is 0 Å². The molecule has 0 bridgehead atoms. The van der Waals surface area contributed by atoms with Gasteiger partial charge in [0.05, 0.1) is 17.9 Å². The second kappa shape index (κ2) is 5.96. The van der Waals surface area contributed by atoms with Gasteiger partial charge in [0.15, 0.2) is 0 Å². The largest absolute Gasteiger partial charge is 0.497 e. The summed E-state index contributed by atoms with van der Waals surface area (Å²) < 4.78 is 16.4. The van der Waals surface area contributed by atoms with Crippen LogP contribution in [0, 0.1) is 0 Å². The molecule has 0 saturated heterocycles. The lowest BCUT2D eigenvalue weighted by Crippen LogP contribution is -2.03. The smallest absolute Gasteiger partial charge is 0.356 e. The fraction of sp³-hybridized carbons (Fsp3) is 0.0667. The molecule has 118 valence electrons. The van der Waals surface area contributed by atoms with Crippen molar-refractivity contribution in [2.24, 2.45) is 0 Å². The van der Waals surface area contributed by atoms with Gasteiger partial charge in [-0.15, -0.1) is 0 Å². The number of hydrogen-bond acceptors (Lipinski definition) is 5. The Bertz CT molecular complexity index is 893. The first-order valence-electron chi connectivity index (χ1n) is 6.69. The topological polar surface area (TPSA) is 105 Å². The van der Waals surface area contributed by atoms with Crippen LogP contribution in [0.2, 0.25) is 0 Å². The Labute approximate surface area is 132 Å². The van der Waals surface area contributed by atoms with Crippen molar-refractivity contribution in [2.75, 3.05) is 12.4 Å². The minimum Gasteiger partial charge on any atom is -0.497 e. The molecule has 2 aromatic carbocycles. The number of nitrogens with zero attached hydrogens (tertiary/aromatic N) is 2. The minimum atomic E-state index is -4.24. The van der Waals surface area contributed by atoms with E-state index < -0.39 is 7.60 Å². The summed E-state index contributed by atoms with van der Waals surface area (Å²) >= 11 is 0. The van der Waals surface area contributed by atoms with Crippen LogP contribution >= 0.6 is 7.60 Å². The molecule has 0 aliphatic heterocycles. The quantitative estimate of drug-likeness (QED) is 0.629. The molecule has 23 heavy (non-hydrogen) atoms. The second-order valence-electron chi connectivity index (χ2n) is 4.82. The summed E-state index contributed by atoms with van der Waals surface area (Å²) in [6, 6.07) is 11.4. The molecule has 0 amide bonds. The van der Waals surface area contributed by atoms with Crippen LogP contribution in [-0.4, -0.2) is 26.9 Å². The summed E-state index contributed by atoms with van der Waals surface area (Å²) in [5, 5.41) is 3.87. The number of benzene rings is 2. The van der Waals surface area contributed by atoms with Crippen LogP contribution < -0.4 is 15.4 Å². The van der Waals surface area contributed by atoms with E-state index in [9.17, 15) is 4.57 Å². The Morgan fingerprint density at radius 3 is 2.48 bits per heavy atom. The highest BCUT2D eigenvalue weighted by Gasteiger charge is 2.16. The summed E-state index contributed by atoms with van der Waals surface area (Å²) in [6.07, 6.45) is 1.45. The van der Waals surface area contributed by atoms with Gasteiger partial charge in [0, 0.05) is 11.1 Å². The van der Waals surface area contributed by atoms with E-state index in [0.29, 0.717) is 17.3 Å². The zero-order valence-corrected chi connectivity index (χ0v) is 13.1. The fourth-order valence-electron chi connectivity index (χ4n) is 2.14. The second-order valence-corrected chi connectivity index (χ2v) is 6.43. The van der Waals surface area contributed by atoms with Crippen LogP contribution in [0.1, 0.15) is 0 Å². The summed E-state index contributed by atoms with van der Waals surface area (Å²) in [5.41, 5.74) is 1.42. The Morgan fingerprint density at radius 2 is 1.83 bits per heavy atom. The summed E-state index contributed by atoms with van der Waals surface area (Å²) in [7, 11) is -2.66. The average Bonchev–Trinajstić information content (AvgIpc) is 2.54. The molecular formula is C15H14N3O4P. The lowest BCUT2D eigenvalue weighted by Gasteiger charge is -2.10. The third-order valence-corrected chi connectivity index (χ3v) is 4.28. The molecule has 3 aromatic rings. The van der Waals surface area contributed by atoms with Gasteiger partial charge in [-0.1, -0.05) is 0 Å². The molecule has 0 radical (unpaired) electrons. The highest BCUT2D eigenvalue weighted by atomic mass is 31.2. The lowest BCUT2D eigenvalue weighted by molar-refractivity contribution is 0.387. The predicted molar refractivity (Wildman–Crippen MR) is 87.5 cm³/mol. The third-order valence-electron chi connectivity index (χ3n) is 3.31. The van der Waals surface area contributed by atoms with E-state index in [1.807, 2.05) is 18.2 Å². The van der Waals surface area contributed by atoms with Crippen molar-refractivity contribution in [3.63, 3.8) is 0 Å². The SMILES string of the molecule is COc1ccc2ncnc(Nc3ccc(P(=O)(O)O)cc3)c2c1. The molecule has 8 heteroatoms. The normalized spacial score (nSPS) is 11.4. The van der Waals surface area contributed by atoms with Gasteiger partial charge < -0.3 is 19.8 Å². The number of ether oxygens (including phenoxy) is 1. The maximum Gasteiger partial charge on any atom is 0.356 e. The summed E-state index contributed by atoms with van der Waals surface area (Å²) in [4.78, 5) is 26.7. The van der Waals surface area contributed by atoms with Gasteiger partial charge in [-0.25, -0.2) is 9.97 Å². The van der Waals surface area contributed by atoms with Crippen LogP contribution in [0.4, 0.5) is 11.5 Å². The number of nitrogens with one attached hydrogen (secondary N) is 1. The molecule has 7 nitrogen and oxygen atoms in total. The Kier molecular flexibility index (Phi) is 4.00. The number of aromatic nitrogens is 2. The predicted octanol–water partition coefficient (Wildman–Crippen LogP) is 2.18. The van der Waals surface area contributed by atoms with E-state index in [2.05, 4.69) is 15.3 Å². The molecule has 0 saturated carbocycles. The first-order chi connectivity index (χ1) is 11.0. The maximum atomic E-state index is 11.2. The molecule has 0 atom stereocenters. The summed E-state index contributed by atoms with van der Waals surface area (Å²) in [6.45, 7) is 0. The molecule has 1 aromatic heterocycles. The number of anilines is 2. The number of rotatable bonds is 4. The Balaban J connectivity index is 1.96. The zero-order valence-electron chi connectivity index (χ0n) is 12.2. The zero-order chi connectivity index (χ0) is 16.4. The monoisotopic (exact) mass is 331 g/mol. The van der Waals surface area contributed by atoms with Crippen molar-refractivity contribution in [1.29, 1.82) is 0 Å². The molecule has 0 aliphatic carbocycles. The number of hydrogen-bond donors (Lipinski definition) is 3. The van der Waals surface area contributed by atoms with Crippen LogP contribution in [0.5, 0.6) is 5.75 Å². The van der Waals surface area contributed by atoms with E-state index in [0.717, 1.165) is 10.9 Å². The third kappa shape index (κ3) is 3.32. The molecule has 1 heterocycles. The summed E-state index contributed by atoms with van der Waals surface area (Å²) in [5.74, 6) is 1.27. The van der Waals surface area contributed by atoms with E-state index in [1.54, 1.807) is 19.2 Å². The van der Waals surface area contributed by atoms with Crippen molar-refractivity contribution in [2.45, 2.75) is 0 Å². The van der Waals surface area contributed by atoms with Crippen molar-refractivity contribution in [3.05, 3.63) is 48.8 Å². The molecule has 0 unspecified atom stereocenters. The van der Waals surface area contributed by atoms with Gasteiger partial charge >= 0.3 is 7.60 Å². The van der Waals surface area contributed by atoms with E-state index >= 15 is 0 Å². The van der Waals surface area contributed by atoms with Gasteiger partial charge in [-0.2, -0.15) is 0 Å². The van der Waals surface area contributed by atoms with Crippen LogP contribution in [0.25, 0.3) is 10.9 Å². The van der Waals surface area contributed by atoms with E-state index in [1.165, 1.54) is 18.5 Å². The van der Waals surface area contributed by atoms with Crippen LogP contribution in [0.15, 0.2) is 48.8 Å². The molecule has 0 spiro atoms. The van der Waals surface area contributed by atoms with Crippen molar-refractivity contribution in [1.82, 2.24) is 9.97 Å². The first kappa shape index (κ1) is 15.4. The van der Waals surface area contributed by atoms with Crippen molar-refractivity contribution >= 4 is 35.3 Å². The van der Waals surface area contributed by atoms with Gasteiger partial charge in [0.25, 0.3) is 0 Å². The lowest BCUT2D eigenvalue weighted by atomic mass is 10.2. The number of methoxy groups -OCH3 is 1. The molecular weight excluding hydrogens is 317 g/mol.